The van der Waals surface area contributed by atoms with Crippen LogP contribution < -0.4 is 0 Å². The third-order valence-electron chi connectivity index (χ3n) is 3.68. The van der Waals surface area contributed by atoms with Gasteiger partial charge >= 0.3 is 0 Å². The third-order valence-corrected chi connectivity index (χ3v) is 3.68. The fraction of sp³-hybridized carbons (Fsp3) is 0.421. The molecule has 0 radical (unpaired) electrons. The maximum Gasteiger partial charge on any atom is 0.163 e. The number of phenolic OH excluding ortho intramolecular Hbond substituents is 2. The highest BCUT2D eigenvalue weighted by Gasteiger charge is 2.17. The molecule has 0 heterocycles. The third kappa shape index (κ3) is 4.76. The van der Waals surface area contributed by atoms with Crippen LogP contribution in [0.15, 0.2) is 29.4 Å². The summed E-state index contributed by atoms with van der Waals surface area (Å²) in [6.45, 7) is 9.31. The molecule has 1 rings (SSSR count). The molecule has 0 aliphatic carbocycles. The number of carbonyl (C=O) groups excluding carboxylic acids is 1. The minimum absolute atomic E-state index is 0.0355. The summed E-state index contributed by atoms with van der Waals surface area (Å²) < 4.78 is 0. The molecule has 1 aromatic rings. The average Bonchev–Trinajstić information content (AvgIpc) is 2.36. The molecular formula is C19H26O3. The Hall–Kier alpha value is -2.03. The number of hydrogen-bond donors (Lipinski definition) is 2. The predicted molar refractivity (Wildman–Crippen MR) is 90.6 cm³/mol. The lowest BCUT2D eigenvalue weighted by Gasteiger charge is -2.12. The van der Waals surface area contributed by atoms with Gasteiger partial charge < -0.3 is 10.2 Å². The van der Waals surface area contributed by atoms with Crippen LogP contribution >= 0.6 is 0 Å². The quantitative estimate of drug-likeness (QED) is 0.583. The van der Waals surface area contributed by atoms with Crippen molar-refractivity contribution in [2.24, 2.45) is 0 Å². The summed E-state index contributed by atoms with van der Waals surface area (Å²) in [5.74, 6) is -0.257. The molecule has 2 N–H and O–H groups in total. The van der Waals surface area contributed by atoms with E-state index in [0.717, 1.165) is 12.8 Å². The van der Waals surface area contributed by atoms with Crippen molar-refractivity contribution in [3.8, 4) is 11.5 Å². The zero-order valence-corrected chi connectivity index (χ0v) is 14.2. The zero-order valence-electron chi connectivity index (χ0n) is 14.2. The van der Waals surface area contributed by atoms with E-state index in [2.05, 4.69) is 19.9 Å². The van der Waals surface area contributed by atoms with Gasteiger partial charge in [-0.25, -0.2) is 0 Å². The highest BCUT2D eigenvalue weighted by atomic mass is 16.3. The van der Waals surface area contributed by atoms with Crippen molar-refractivity contribution in [1.29, 1.82) is 0 Å². The monoisotopic (exact) mass is 302 g/mol. The second-order valence-electron chi connectivity index (χ2n) is 6.05. The summed E-state index contributed by atoms with van der Waals surface area (Å²) in [6.07, 6.45) is 6.52. The Kier molecular flexibility index (Phi) is 6.41. The number of ketones is 1. The summed E-state index contributed by atoms with van der Waals surface area (Å²) in [7, 11) is 0. The number of rotatable bonds is 6. The van der Waals surface area contributed by atoms with Crippen LogP contribution in [0.4, 0.5) is 0 Å². The molecule has 22 heavy (non-hydrogen) atoms. The smallest absolute Gasteiger partial charge is 0.163 e. The second kappa shape index (κ2) is 7.83. The second-order valence-corrected chi connectivity index (χ2v) is 6.05. The lowest BCUT2D eigenvalue weighted by molar-refractivity contribution is 0.101. The molecule has 0 aliphatic heterocycles. The van der Waals surface area contributed by atoms with E-state index >= 15 is 0 Å². The van der Waals surface area contributed by atoms with E-state index in [0.29, 0.717) is 23.1 Å². The number of aromatic hydroxyl groups is 2. The summed E-state index contributed by atoms with van der Waals surface area (Å²) in [5.41, 5.74) is 3.80. The molecule has 3 heteroatoms. The topological polar surface area (TPSA) is 57.5 Å². The molecular weight excluding hydrogens is 276 g/mol. The molecule has 0 saturated heterocycles. The maximum absolute atomic E-state index is 11.6. The number of allylic oxidation sites excluding steroid dienone is 4. The summed E-state index contributed by atoms with van der Waals surface area (Å²) >= 11 is 0. The number of benzene rings is 1. The Morgan fingerprint density at radius 3 is 2.32 bits per heavy atom. The van der Waals surface area contributed by atoms with Crippen LogP contribution in [-0.4, -0.2) is 16.0 Å². The van der Waals surface area contributed by atoms with Crippen molar-refractivity contribution in [2.45, 2.75) is 53.9 Å². The van der Waals surface area contributed by atoms with Gasteiger partial charge in [-0.1, -0.05) is 23.3 Å². The Bertz CT molecular complexity index is 618. The predicted octanol–water partition coefficient (Wildman–Crippen LogP) is 4.84. The van der Waals surface area contributed by atoms with Crippen molar-refractivity contribution in [2.75, 3.05) is 0 Å². The Morgan fingerprint density at radius 2 is 1.77 bits per heavy atom. The summed E-state index contributed by atoms with van der Waals surface area (Å²) in [6, 6.07) is 1.54. The molecule has 0 saturated carbocycles. The van der Waals surface area contributed by atoms with Crippen LogP contribution in [0, 0.1) is 6.92 Å². The number of aryl methyl sites for hydroxylation is 1. The maximum atomic E-state index is 11.6. The molecule has 0 aliphatic rings. The van der Waals surface area contributed by atoms with Gasteiger partial charge in [-0.05, 0) is 65.5 Å². The van der Waals surface area contributed by atoms with Crippen LogP contribution in [-0.2, 0) is 6.42 Å². The normalized spacial score (nSPS) is 11.4. The fourth-order valence-corrected chi connectivity index (χ4v) is 2.44. The van der Waals surface area contributed by atoms with Gasteiger partial charge in [0, 0.05) is 5.56 Å². The standard InChI is InChI=1S/C19H26O3/c1-12(2)7-6-8-13(3)9-10-16-17(21)11-14(4)18(15(5)20)19(16)22/h7,9,11,21-22H,6,8,10H2,1-5H3. The van der Waals surface area contributed by atoms with E-state index in [-0.39, 0.29) is 17.3 Å². The first kappa shape index (κ1) is 18.0. The molecule has 0 bridgehead atoms. The first-order valence-electron chi connectivity index (χ1n) is 7.58. The highest BCUT2D eigenvalue weighted by Crippen LogP contribution is 2.34. The molecule has 0 aromatic heterocycles. The number of hydrogen-bond acceptors (Lipinski definition) is 3. The molecule has 1 aromatic carbocycles. The van der Waals surface area contributed by atoms with E-state index in [1.807, 2.05) is 13.0 Å². The van der Waals surface area contributed by atoms with Gasteiger partial charge in [-0.2, -0.15) is 0 Å². The van der Waals surface area contributed by atoms with Crippen molar-refractivity contribution < 1.29 is 15.0 Å². The van der Waals surface area contributed by atoms with Gasteiger partial charge in [0.25, 0.3) is 0 Å². The average molecular weight is 302 g/mol. The van der Waals surface area contributed by atoms with Crippen LogP contribution in [0.5, 0.6) is 11.5 Å². The van der Waals surface area contributed by atoms with Gasteiger partial charge in [0.15, 0.2) is 5.78 Å². The van der Waals surface area contributed by atoms with E-state index in [1.165, 1.54) is 24.1 Å². The van der Waals surface area contributed by atoms with E-state index < -0.39 is 0 Å². The Morgan fingerprint density at radius 1 is 1.14 bits per heavy atom. The van der Waals surface area contributed by atoms with Gasteiger partial charge in [-0.15, -0.1) is 0 Å². The summed E-state index contributed by atoms with van der Waals surface area (Å²) in [5, 5.41) is 20.3. The lowest BCUT2D eigenvalue weighted by atomic mass is 9.96. The first-order chi connectivity index (χ1) is 10.2. The molecule has 0 unspecified atom stereocenters. The highest BCUT2D eigenvalue weighted by molar-refractivity contribution is 5.99. The Labute approximate surface area is 133 Å². The Balaban J connectivity index is 2.96. The van der Waals surface area contributed by atoms with Gasteiger partial charge in [0.2, 0.25) is 0 Å². The van der Waals surface area contributed by atoms with Crippen molar-refractivity contribution >= 4 is 5.78 Å². The summed E-state index contributed by atoms with van der Waals surface area (Å²) in [4.78, 5) is 11.6. The number of Topliss-reactive ketones (excluding diaryl/α,β-unsaturated/α-hetero) is 1. The molecule has 0 spiro atoms. The van der Waals surface area contributed by atoms with Gasteiger partial charge in [0.1, 0.15) is 11.5 Å². The fourth-order valence-electron chi connectivity index (χ4n) is 2.44. The molecule has 3 nitrogen and oxygen atoms in total. The van der Waals surface area contributed by atoms with Crippen LogP contribution in [0.3, 0.4) is 0 Å². The molecule has 0 amide bonds. The molecule has 0 atom stereocenters. The number of carbonyl (C=O) groups is 1. The minimum atomic E-state index is -0.194. The van der Waals surface area contributed by atoms with Crippen molar-refractivity contribution in [1.82, 2.24) is 0 Å². The van der Waals surface area contributed by atoms with Crippen LogP contribution in [0.1, 0.15) is 62.0 Å². The molecule has 120 valence electrons. The SMILES string of the molecule is CC(=O)c1c(C)cc(O)c(CC=C(C)CCC=C(C)C)c1O. The van der Waals surface area contributed by atoms with Crippen LogP contribution in [0.25, 0.3) is 0 Å². The van der Waals surface area contributed by atoms with E-state index in [4.69, 9.17) is 0 Å². The van der Waals surface area contributed by atoms with Crippen molar-refractivity contribution in [3.05, 3.63) is 46.1 Å². The zero-order chi connectivity index (χ0) is 16.9. The lowest BCUT2D eigenvalue weighted by Crippen LogP contribution is -2.00. The van der Waals surface area contributed by atoms with Crippen LogP contribution in [0.2, 0.25) is 0 Å². The van der Waals surface area contributed by atoms with Crippen molar-refractivity contribution in [3.63, 3.8) is 0 Å². The van der Waals surface area contributed by atoms with E-state index in [1.54, 1.807) is 6.92 Å². The van der Waals surface area contributed by atoms with Gasteiger partial charge in [-0.3, -0.25) is 4.79 Å². The number of phenols is 2. The largest absolute Gasteiger partial charge is 0.508 e. The molecule has 0 fully saturated rings. The van der Waals surface area contributed by atoms with Gasteiger partial charge in [0.05, 0.1) is 5.56 Å². The minimum Gasteiger partial charge on any atom is -0.508 e. The van der Waals surface area contributed by atoms with E-state index in [9.17, 15) is 15.0 Å². The first-order valence-corrected chi connectivity index (χ1v) is 7.58.